The first kappa shape index (κ1) is 13.5. The fourth-order valence-electron chi connectivity index (χ4n) is 1.64. The number of ether oxygens (including phenoxy) is 1. The largest absolute Gasteiger partial charge is 0.493 e. The van der Waals surface area contributed by atoms with Crippen LogP contribution in [0, 0.1) is 0 Å². The Morgan fingerprint density at radius 2 is 2.05 bits per heavy atom. The molecule has 0 unspecified atom stereocenters. The molecule has 0 fully saturated rings. The van der Waals surface area contributed by atoms with Gasteiger partial charge in [0.2, 0.25) is 5.89 Å². The highest BCUT2D eigenvalue weighted by molar-refractivity contribution is 5.20. The standard InChI is InChI=1S/C14H19N3O2/c1-2-15-10-8-14-16-13(17-19-14)9-11-18-12-6-4-3-5-7-12/h3-7,15H,2,8-11H2,1H3. The number of para-hydroxylation sites is 1. The minimum absolute atomic E-state index is 0.552. The third-order valence-electron chi connectivity index (χ3n) is 2.61. The van der Waals surface area contributed by atoms with Gasteiger partial charge in [-0.15, -0.1) is 0 Å². The fraction of sp³-hybridized carbons (Fsp3) is 0.429. The van der Waals surface area contributed by atoms with Gasteiger partial charge in [-0.3, -0.25) is 0 Å². The lowest BCUT2D eigenvalue weighted by atomic mass is 10.3. The van der Waals surface area contributed by atoms with Gasteiger partial charge >= 0.3 is 0 Å². The molecule has 0 aliphatic carbocycles. The van der Waals surface area contributed by atoms with Crippen molar-refractivity contribution in [2.45, 2.75) is 19.8 Å². The van der Waals surface area contributed by atoms with Crippen LogP contribution in [-0.4, -0.2) is 29.8 Å². The first-order valence-electron chi connectivity index (χ1n) is 6.58. The molecule has 1 aromatic carbocycles. The van der Waals surface area contributed by atoms with E-state index in [9.17, 15) is 0 Å². The van der Waals surface area contributed by atoms with Gasteiger partial charge in [0.25, 0.3) is 0 Å². The first-order valence-corrected chi connectivity index (χ1v) is 6.58. The monoisotopic (exact) mass is 261 g/mol. The third-order valence-corrected chi connectivity index (χ3v) is 2.61. The van der Waals surface area contributed by atoms with Crippen molar-refractivity contribution in [1.29, 1.82) is 0 Å². The lowest BCUT2D eigenvalue weighted by Crippen LogP contribution is -2.16. The predicted octanol–water partition coefficient (Wildman–Crippen LogP) is 1.84. The molecule has 1 heterocycles. The Labute approximate surface area is 113 Å². The van der Waals surface area contributed by atoms with Crippen LogP contribution < -0.4 is 10.1 Å². The molecule has 0 amide bonds. The summed E-state index contributed by atoms with van der Waals surface area (Å²) in [4.78, 5) is 4.32. The second-order valence-corrected chi connectivity index (χ2v) is 4.12. The molecule has 1 aromatic heterocycles. The summed E-state index contributed by atoms with van der Waals surface area (Å²) in [5.74, 6) is 2.23. The summed E-state index contributed by atoms with van der Waals surface area (Å²) in [6.45, 7) is 4.43. The maximum Gasteiger partial charge on any atom is 0.227 e. The summed E-state index contributed by atoms with van der Waals surface area (Å²) in [6.07, 6.45) is 1.42. The first-order chi connectivity index (χ1) is 9.38. The average molecular weight is 261 g/mol. The summed E-state index contributed by atoms with van der Waals surface area (Å²) >= 11 is 0. The molecule has 0 saturated heterocycles. The lowest BCUT2D eigenvalue weighted by molar-refractivity contribution is 0.313. The van der Waals surface area contributed by atoms with Gasteiger partial charge in [0.15, 0.2) is 5.82 Å². The van der Waals surface area contributed by atoms with Gasteiger partial charge in [-0.05, 0) is 18.7 Å². The van der Waals surface area contributed by atoms with Crippen molar-refractivity contribution < 1.29 is 9.26 Å². The van der Waals surface area contributed by atoms with Crippen LogP contribution in [-0.2, 0) is 12.8 Å². The van der Waals surface area contributed by atoms with Crippen molar-refractivity contribution in [3.63, 3.8) is 0 Å². The van der Waals surface area contributed by atoms with Crippen LogP contribution in [0.15, 0.2) is 34.9 Å². The number of aromatic nitrogens is 2. The second kappa shape index (κ2) is 7.53. The molecular formula is C14H19N3O2. The third kappa shape index (κ3) is 4.71. The Balaban J connectivity index is 1.71. The Bertz CT molecular complexity index is 471. The Hall–Kier alpha value is -1.88. The number of hydrogen-bond acceptors (Lipinski definition) is 5. The van der Waals surface area contributed by atoms with E-state index in [1.165, 1.54) is 0 Å². The van der Waals surface area contributed by atoms with Crippen molar-refractivity contribution in [3.05, 3.63) is 42.0 Å². The molecule has 0 atom stereocenters. The molecule has 0 bridgehead atoms. The molecule has 0 saturated carbocycles. The van der Waals surface area contributed by atoms with Gasteiger partial charge in [-0.1, -0.05) is 30.3 Å². The van der Waals surface area contributed by atoms with Gasteiger partial charge in [-0.25, -0.2) is 0 Å². The quantitative estimate of drug-likeness (QED) is 0.735. The van der Waals surface area contributed by atoms with E-state index in [0.29, 0.717) is 24.7 Å². The van der Waals surface area contributed by atoms with Gasteiger partial charge in [0.05, 0.1) is 6.61 Å². The number of nitrogens with one attached hydrogen (secondary N) is 1. The van der Waals surface area contributed by atoms with Gasteiger partial charge in [-0.2, -0.15) is 4.98 Å². The summed E-state index contributed by atoms with van der Waals surface area (Å²) in [5, 5.41) is 7.15. The number of likely N-dealkylation sites (N-methyl/N-ethyl adjacent to an activating group) is 1. The van der Waals surface area contributed by atoms with Crippen LogP contribution >= 0.6 is 0 Å². The molecule has 2 rings (SSSR count). The number of hydrogen-bond donors (Lipinski definition) is 1. The van der Waals surface area contributed by atoms with Crippen LogP contribution in [0.5, 0.6) is 5.75 Å². The van der Waals surface area contributed by atoms with E-state index in [1.54, 1.807) is 0 Å². The average Bonchev–Trinajstić information content (AvgIpc) is 2.88. The van der Waals surface area contributed by atoms with Crippen LogP contribution in [0.2, 0.25) is 0 Å². The summed E-state index contributed by atoms with van der Waals surface area (Å²) in [7, 11) is 0. The van der Waals surface area contributed by atoms with E-state index in [2.05, 4.69) is 22.4 Å². The molecule has 2 aromatic rings. The molecule has 0 spiro atoms. The smallest absolute Gasteiger partial charge is 0.227 e. The van der Waals surface area contributed by atoms with Crippen LogP contribution in [0.25, 0.3) is 0 Å². The van der Waals surface area contributed by atoms with E-state index in [1.807, 2.05) is 30.3 Å². The molecule has 0 radical (unpaired) electrons. The van der Waals surface area contributed by atoms with Crippen molar-refractivity contribution in [2.24, 2.45) is 0 Å². The maximum absolute atomic E-state index is 5.58. The topological polar surface area (TPSA) is 60.2 Å². The molecule has 0 aliphatic heterocycles. The molecule has 19 heavy (non-hydrogen) atoms. The molecule has 102 valence electrons. The van der Waals surface area contributed by atoms with Gasteiger partial charge in [0.1, 0.15) is 5.75 Å². The normalized spacial score (nSPS) is 10.6. The van der Waals surface area contributed by atoms with E-state index < -0.39 is 0 Å². The lowest BCUT2D eigenvalue weighted by Gasteiger charge is -2.02. The van der Waals surface area contributed by atoms with Crippen LogP contribution in [0.3, 0.4) is 0 Å². The van der Waals surface area contributed by atoms with Crippen molar-refractivity contribution in [1.82, 2.24) is 15.5 Å². The van der Waals surface area contributed by atoms with Crippen molar-refractivity contribution in [2.75, 3.05) is 19.7 Å². The summed E-state index contributed by atoms with van der Waals surface area (Å²) < 4.78 is 10.7. The van der Waals surface area contributed by atoms with Gasteiger partial charge < -0.3 is 14.6 Å². The minimum atomic E-state index is 0.552. The zero-order valence-electron chi connectivity index (χ0n) is 11.1. The zero-order chi connectivity index (χ0) is 13.3. The highest BCUT2D eigenvalue weighted by atomic mass is 16.5. The molecule has 5 heteroatoms. The number of nitrogens with zero attached hydrogens (tertiary/aromatic N) is 2. The predicted molar refractivity (Wildman–Crippen MR) is 72.2 cm³/mol. The maximum atomic E-state index is 5.58. The van der Waals surface area contributed by atoms with E-state index in [4.69, 9.17) is 9.26 Å². The van der Waals surface area contributed by atoms with Crippen molar-refractivity contribution >= 4 is 0 Å². The summed E-state index contributed by atoms with van der Waals surface area (Å²) in [5.41, 5.74) is 0. The van der Waals surface area contributed by atoms with Crippen LogP contribution in [0.1, 0.15) is 18.6 Å². The number of rotatable bonds is 8. The van der Waals surface area contributed by atoms with Crippen molar-refractivity contribution in [3.8, 4) is 5.75 Å². The summed E-state index contributed by atoms with van der Waals surface area (Å²) in [6, 6.07) is 9.71. The highest BCUT2D eigenvalue weighted by Gasteiger charge is 2.05. The van der Waals surface area contributed by atoms with E-state index >= 15 is 0 Å². The van der Waals surface area contributed by atoms with Crippen LogP contribution in [0.4, 0.5) is 0 Å². The Morgan fingerprint density at radius 1 is 1.21 bits per heavy atom. The second-order valence-electron chi connectivity index (χ2n) is 4.12. The van der Waals surface area contributed by atoms with E-state index in [0.717, 1.165) is 25.3 Å². The van der Waals surface area contributed by atoms with Gasteiger partial charge in [0, 0.05) is 19.4 Å². The molecule has 1 N–H and O–H groups in total. The molecule has 5 nitrogen and oxygen atoms in total. The SMILES string of the molecule is CCNCCc1nc(CCOc2ccccc2)no1. The number of benzene rings is 1. The Kier molecular flexibility index (Phi) is 5.37. The zero-order valence-corrected chi connectivity index (χ0v) is 11.1. The minimum Gasteiger partial charge on any atom is -0.493 e. The fourth-order valence-corrected chi connectivity index (χ4v) is 1.64. The Morgan fingerprint density at radius 3 is 2.84 bits per heavy atom. The highest BCUT2D eigenvalue weighted by Crippen LogP contribution is 2.08. The molecule has 0 aliphatic rings. The molecular weight excluding hydrogens is 242 g/mol. The van der Waals surface area contributed by atoms with E-state index in [-0.39, 0.29) is 0 Å².